The number of H-pyrrole nitrogens is 1. The molecule has 0 radical (unpaired) electrons. The maximum atomic E-state index is 12.7. The normalized spacial score (nSPS) is 21.7. The zero-order valence-corrected chi connectivity index (χ0v) is 12.3. The molecular formula is C16H19N3O2. The molecule has 1 aliphatic heterocycles. The van der Waals surface area contributed by atoms with Gasteiger partial charge in [0.1, 0.15) is 0 Å². The van der Waals surface area contributed by atoms with E-state index in [0.717, 1.165) is 10.9 Å². The van der Waals surface area contributed by atoms with Gasteiger partial charge in [0.2, 0.25) is 5.91 Å². The Morgan fingerprint density at radius 1 is 1.33 bits per heavy atom. The minimum Gasteiger partial charge on any atom is -0.361 e. The highest BCUT2D eigenvalue weighted by Gasteiger charge is 2.41. The molecule has 1 unspecified atom stereocenters. The van der Waals surface area contributed by atoms with Gasteiger partial charge in [-0.2, -0.15) is 0 Å². The van der Waals surface area contributed by atoms with Crippen LogP contribution in [0.3, 0.4) is 0 Å². The van der Waals surface area contributed by atoms with Gasteiger partial charge in [0.05, 0.1) is 16.5 Å². The lowest BCUT2D eigenvalue weighted by Crippen LogP contribution is -2.40. The standard InChI is InChI=1S/C16H19N3O2/c1-16(15(21)17-2)7-9-19(10-16)14(20)12-5-3-4-11-6-8-18-13(11)12/h3-6,8,18H,7,9-10H2,1-2H3,(H,17,21). The van der Waals surface area contributed by atoms with Crippen molar-refractivity contribution >= 4 is 22.7 Å². The van der Waals surface area contributed by atoms with Crippen molar-refractivity contribution in [3.05, 3.63) is 36.0 Å². The molecule has 5 nitrogen and oxygen atoms in total. The van der Waals surface area contributed by atoms with E-state index < -0.39 is 5.41 Å². The number of likely N-dealkylation sites (tertiary alicyclic amines) is 1. The van der Waals surface area contributed by atoms with Crippen molar-refractivity contribution in [2.24, 2.45) is 5.41 Å². The summed E-state index contributed by atoms with van der Waals surface area (Å²) in [5.41, 5.74) is 1.03. The lowest BCUT2D eigenvalue weighted by Gasteiger charge is -2.22. The third kappa shape index (κ3) is 2.18. The molecule has 1 aliphatic rings. The molecule has 0 bridgehead atoms. The van der Waals surface area contributed by atoms with E-state index in [1.165, 1.54) is 0 Å². The Hall–Kier alpha value is -2.30. The first-order valence-corrected chi connectivity index (χ1v) is 7.13. The lowest BCUT2D eigenvalue weighted by atomic mass is 9.89. The first-order valence-electron chi connectivity index (χ1n) is 7.13. The fraction of sp³-hybridized carbons (Fsp3) is 0.375. The van der Waals surface area contributed by atoms with E-state index in [4.69, 9.17) is 0 Å². The quantitative estimate of drug-likeness (QED) is 0.883. The van der Waals surface area contributed by atoms with Crippen molar-refractivity contribution < 1.29 is 9.59 Å². The fourth-order valence-electron chi connectivity index (χ4n) is 3.06. The van der Waals surface area contributed by atoms with Crippen molar-refractivity contribution in [3.8, 4) is 0 Å². The number of nitrogens with zero attached hydrogens (tertiary/aromatic N) is 1. The van der Waals surface area contributed by atoms with Gasteiger partial charge in [-0.3, -0.25) is 9.59 Å². The van der Waals surface area contributed by atoms with Crippen molar-refractivity contribution in [1.82, 2.24) is 15.2 Å². The molecular weight excluding hydrogens is 266 g/mol. The topological polar surface area (TPSA) is 65.2 Å². The molecule has 1 saturated heterocycles. The molecule has 3 rings (SSSR count). The van der Waals surface area contributed by atoms with Gasteiger partial charge in [0, 0.05) is 31.7 Å². The average molecular weight is 285 g/mol. The van der Waals surface area contributed by atoms with Crippen molar-refractivity contribution in [2.75, 3.05) is 20.1 Å². The monoisotopic (exact) mass is 285 g/mol. The molecule has 2 amide bonds. The minimum absolute atomic E-state index is 0.00381. The SMILES string of the molecule is CNC(=O)C1(C)CCN(C(=O)c2cccc3cc[nH]c23)C1. The highest BCUT2D eigenvalue weighted by atomic mass is 16.2. The molecule has 1 atom stereocenters. The van der Waals surface area contributed by atoms with Gasteiger partial charge in [-0.05, 0) is 25.5 Å². The van der Waals surface area contributed by atoms with Crippen LogP contribution in [0, 0.1) is 5.41 Å². The van der Waals surface area contributed by atoms with E-state index in [2.05, 4.69) is 10.3 Å². The van der Waals surface area contributed by atoms with Crippen LogP contribution in [0.1, 0.15) is 23.7 Å². The van der Waals surface area contributed by atoms with Crippen LogP contribution < -0.4 is 5.32 Å². The number of rotatable bonds is 2. The summed E-state index contributed by atoms with van der Waals surface area (Å²) < 4.78 is 0. The first-order chi connectivity index (χ1) is 10.0. The predicted octanol–water partition coefficient (Wildman–Crippen LogP) is 1.77. The third-order valence-corrected chi connectivity index (χ3v) is 4.35. The van der Waals surface area contributed by atoms with Gasteiger partial charge in [-0.25, -0.2) is 0 Å². The molecule has 0 spiro atoms. The number of benzene rings is 1. The summed E-state index contributed by atoms with van der Waals surface area (Å²) in [6, 6.07) is 7.64. The molecule has 21 heavy (non-hydrogen) atoms. The van der Waals surface area contributed by atoms with Crippen LogP contribution in [0.15, 0.2) is 30.5 Å². The van der Waals surface area contributed by atoms with E-state index in [9.17, 15) is 9.59 Å². The summed E-state index contributed by atoms with van der Waals surface area (Å²) in [4.78, 5) is 29.6. The number of hydrogen-bond donors (Lipinski definition) is 2. The van der Waals surface area contributed by atoms with Gasteiger partial charge in [0.25, 0.3) is 5.91 Å². The van der Waals surface area contributed by atoms with Crippen LogP contribution in [0.25, 0.3) is 10.9 Å². The summed E-state index contributed by atoms with van der Waals surface area (Å²) in [5, 5.41) is 3.71. The maximum Gasteiger partial charge on any atom is 0.256 e. The first kappa shape index (κ1) is 13.7. The molecule has 0 saturated carbocycles. The van der Waals surface area contributed by atoms with E-state index in [1.807, 2.05) is 37.4 Å². The van der Waals surface area contributed by atoms with E-state index in [0.29, 0.717) is 25.1 Å². The Balaban J connectivity index is 1.87. The third-order valence-electron chi connectivity index (χ3n) is 4.35. The summed E-state index contributed by atoms with van der Waals surface area (Å²) in [6.45, 7) is 2.98. The summed E-state index contributed by atoms with van der Waals surface area (Å²) >= 11 is 0. The summed E-state index contributed by atoms with van der Waals surface area (Å²) in [7, 11) is 1.64. The van der Waals surface area contributed by atoms with Crippen LogP contribution in [0.4, 0.5) is 0 Å². The number of para-hydroxylation sites is 1. The molecule has 1 fully saturated rings. The van der Waals surface area contributed by atoms with Crippen LogP contribution in [0.5, 0.6) is 0 Å². The van der Waals surface area contributed by atoms with Gasteiger partial charge >= 0.3 is 0 Å². The minimum atomic E-state index is -0.492. The van der Waals surface area contributed by atoms with Gasteiger partial charge in [-0.15, -0.1) is 0 Å². The Kier molecular flexibility index (Phi) is 3.20. The van der Waals surface area contributed by atoms with Crippen LogP contribution in [-0.2, 0) is 4.79 Å². The lowest BCUT2D eigenvalue weighted by molar-refractivity contribution is -0.128. The van der Waals surface area contributed by atoms with Crippen LogP contribution in [-0.4, -0.2) is 41.8 Å². The number of amides is 2. The molecule has 2 aromatic rings. The van der Waals surface area contributed by atoms with E-state index in [-0.39, 0.29) is 11.8 Å². The molecule has 2 N–H and O–H groups in total. The summed E-state index contributed by atoms with van der Waals surface area (Å²) in [6.07, 6.45) is 2.53. The molecule has 5 heteroatoms. The fourth-order valence-corrected chi connectivity index (χ4v) is 3.06. The van der Waals surface area contributed by atoms with Gasteiger partial charge in [0.15, 0.2) is 0 Å². The number of hydrogen-bond acceptors (Lipinski definition) is 2. The Bertz CT molecular complexity index is 706. The number of carbonyl (C=O) groups excluding carboxylic acids is 2. The Morgan fingerprint density at radius 2 is 2.14 bits per heavy atom. The van der Waals surface area contributed by atoms with E-state index >= 15 is 0 Å². The largest absolute Gasteiger partial charge is 0.361 e. The second-order valence-corrected chi connectivity index (χ2v) is 5.86. The van der Waals surface area contributed by atoms with Crippen molar-refractivity contribution in [1.29, 1.82) is 0 Å². The number of aromatic amines is 1. The van der Waals surface area contributed by atoms with Gasteiger partial charge < -0.3 is 15.2 Å². The van der Waals surface area contributed by atoms with E-state index in [1.54, 1.807) is 11.9 Å². The van der Waals surface area contributed by atoms with Crippen LogP contribution in [0.2, 0.25) is 0 Å². The van der Waals surface area contributed by atoms with Crippen molar-refractivity contribution in [2.45, 2.75) is 13.3 Å². The Morgan fingerprint density at radius 3 is 2.90 bits per heavy atom. The Labute approximate surface area is 123 Å². The van der Waals surface area contributed by atoms with Crippen molar-refractivity contribution in [3.63, 3.8) is 0 Å². The molecule has 1 aromatic carbocycles. The summed E-state index contributed by atoms with van der Waals surface area (Å²) in [5.74, 6) is -0.0217. The van der Waals surface area contributed by atoms with Gasteiger partial charge in [-0.1, -0.05) is 12.1 Å². The molecule has 2 heterocycles. The number of fused-ring (bicyclic) bond motifs is 1. The zero-order valence-electron chi connectivity index (χ0n) is 12.3. The highest BCUT2D eigenvalue weighted by molar-refractivity contribution is 6.06. The smallest absolute Gasteiger partial charge is 0.256 e. The maximum absolute atomic E-state index is 12.7. The second-order valence-electron chi connectivity index (χ2n) is 5.86. The average Bonchev–Trinajstić information content (AvgIpc) is 3.12. The molecule has 110 valence electrons. The van der Waals surface area contributed by atoms with Crippen LogP contribution >= 0.6 is 0 Å². The molecule has 0 aliphatic carbocycles. The number of aromatic nitrogens is 1. The zero-order chi connectivity index (χ0) is 15.0. The highest BCUT2D eigenvalue weighted by Crippen LogP contribution is 2.31. The number of carbonyl (C=O) groups is 2. The number of nitrogens with one attached hydrogen (secondary N) is 2. The predicted molar refractivity (Wildman–Crippen MR) is 81.0 cm³/mol. The molecule has 1 aromatic heterocycles. The second kappa shape index (κ2) is 4.91.